The molecule has 1 N–H and O–H groups in total. The topological polar surface area (TPSA) is 108 Å². The van der Waals surface area contributed by atoms with E-state index in [2.05, 4.69) is 19.7 Å². The maximum atomic E-state index is 12.8. The van der Waals surface area contributed by atoms with E-state index in [0.717, 1.165) is 37.5 Å². The van der Waals surface area contributed by atoms with Gasteiger partial charge in [-0.15, -0.1) is 4.28 Å². The van der Waals surface area contributed by atoms with E-state index in [9.17, 15) is 18.0 Å². The van der Waals surface area contributed by atoms with Gasteiger partial charge in [-0.05, 0) is 44.1 Å². The lowest BCUT2D eigenvalue weighted by atomic mass is 9.60. The average Bonchev–Trinajstić information content (AvgIpc) is 2.86. The second-order valence-corrected chi connectivity index (χ2v) is 10.9. The predicted molar refractivity (Wildman–Crippen MR) is 111 cm³/mol. The normalized spacial score (nSPS) is 29.1. The Hall–Kier alpha value is -0.700. The van der Waals surface area contributed by atoms with Gasteiger partial charge in [0, 0.05) is 25.7 Å². The predicted octanol–water partition coefficient (Wildman–Crippen LogP) is 1.18. The van der Waals surface area contributed by atoms with Gasteiger partial charge in [-0.3, -0.25) is 4.79 Å². The Morgan fingerprint density at radius 2 is 2.03 bits per heavy atom. The second kappa shape index (κ2) is 8.09. The monoisotopic (exact) mass is 542 g/mol. The van der Waals surface area contributed by atoms with Crippen molar-refractivity contribution in [2.75, 3.05) is 26.2 Å². The molecule has 2 bridgehead atoms. The highest BCUT2D eigenvalue weighted by Gasteiger charge is 2.54. The first-order valence-corrected chi connectivity index (χ1v) is 12.3. The van der Waals surface area contributed by atoms with Crippen molar-refractivity contribution >= 4 is 45.3 Å². The summed E-state index contributed by atoms with van der Waals surface area (Å²) in [6, 6.07) is -1.44. The van der Waals surface area contributed by atoms with Crippen molar-refractivity contribution in [2.45, 2.75) is 63.6 Å². The number of carbonyl (C=O) groups is 2. The number of urea groups is 1. The fourth-order valence-corrected chi connectivity index (χ4v) is 5.80. The van der Waals surface area contributed by atoms with Gasteiger partial charge in [-0.1, -0.05) is 13.3 Å². The molecule has 3 amide bonds. The van der Waals surface area contributed by atoms with Crippen molar-refractivity contribution < 1.29 is 24.8 Å². The van der Waals surface area contributed by atoms with Gasteiger partial charge in [0.15, 0.2) is 0 Å². The Labute approximate surface area is 185 Å². The van der Waals surface area contributed by atoms with Crippen LogP contribution in [0.4, 0.5) is 4.79 Å². The number of hydrogen-bond acceptors (Lipinski definition) is 7. The molecule has 3 heterocycles. The largest absolute Gasteiger partial charge is 0.430 e. The zero-order valence-electron chi connectivity index (χ0n) is 16.4. The van der Waals surface area contributed by atoms with Crippen LogP contribution in [0, 0.1) is 5.41 Å². The second-order valence-electron chi connectivity index (χ2n) is 8.73. The number of halogens is 1. The Kier molecular flexibility index (Phi) is 6.01. The number of carbonyl (C=O) groups excluding carboxylic acids is 2. The highest BCUT2D eigenvalue weighted by atomic mass is 127. The van der Waals surface area contributed by atoms with Crippen LogP contribution in [0.25, 0.3) is 0 Å². The van der Waals surface area contributed by atoms with Gasteiger partial charge in [-0.2, -0.15) is 16.0 Å². The molecule has 1 spiro atoms. The van der Waals surface area contributed by atoms with Gasteiger partial charge >= 0.3 is 16.4 Å². The fraction of sp³-hybridized carbons (Fsp3) is 0.882. The van der Waals surface area contributed by atoms with Crippen molar-refractivity contribution in [2.24, 2.45) is 5.41 Å². The van der Waals surface area contributed by atoms with Crippen molar-refractivity contribution in [3.05, 3.63) is 0 Å². The summed E-state index contributed by atoms with van der Waals surface area (Å²) < 4.78 is 32.0. The van der Waals surface area contributed by atoms with Crippen LogP contribution in [-0.4, -0.2) is 79.5 Å². The molecule has 0 unspecified atom stereocenters. The van der Waals surface area contributed by atoms with Crippen LogP contribution in [0.2, 0.25) is 0 Å². The van der Waals surface area contributed by atoms with Gasteiger partial charge in [0.25, 0.3) is 0 Å². The van der Waals surface area contributed by atoms with Crippen LogP contribution in [0.3, 0.4) is 0 Å². The van der Waals surface area contributed by atoms with Crippen LogP contribution < -0.4 is 5.32 Å². The minimum Gasteiger partial charge on any atom is -0.352 e. The third kappa shape index (κ3) is 4.23. The number of nitrogens with one attached hydrogen (secondary N) is 1. The van der Waals surface area contributed by atoms with E-state index in [1.165, 1.54) is 40.7 Å². The third-order valence-corrected chi connectivity index (χ3v) is 8.34. The van der Waals surface area contributed by atoms with Crippen LogP contribution in [-0.2, 0) is 22.0 Å². The molecule has 0 radical (unpaired) electrons. The molecule has 4 aliphatic rings. The summed E-state index contributed by atoms with van der Waals surface area (Å²) in [5.41, 5.74) is 0.366. The number of nitrogens with zero attached hydrogens (tertiary/aromatic N) is 3. The van der Waals surface area contributed by atoms with Crippen LogP contribution in [0.15, 0.2) is 0 Å². The quantitative estimate of drug-likeness (QED) is 0.459. The molecule has 0 aromatic carbocycles. The molecule has 4 rings (SSSR count). The van der Waals surface area contributed by atoms with E-state index in [4.69, 9.17) is 4.28 Å². The molecule has 4 fully saturated rings. The minimum atomic E-state index is -4.29. The van der Waals surface area contributed by atoms with Crippen LogP contribution in [0.1, 0.15) is 45.4 Å². The number of hydrogen-bond donors (Lipinski definition) is 1. The zero-order chi connectivity index (χ0) is 20.8. The molecule has 1 saturated carbocycles. The van der Waals surface area contributed by atoms with E-state index < -0.39 is 28.5 Å². The van der Waals surface area contributed by atoms with Gasteiger partial charge in [-0.25, -0.2) is 4.79 Å². The SMILES string of the molecule is CCCCN1CC2(CC(NC(=O)[C@@H]3CC[C@@H]4CN3C(=O)N4OS(=O)(=O)OI)C2)C1. The highest BCUT2D eigenvalue weighted by Crippen LogP contribution is 2.48. The van der Waals surface area contributed by atoms with Crippen molar-refractivity contribution in [3.63, 3.8) is 0 Å². The fourth-order valence-electron chi connectivity index (χ4n) is 5.20. The maximum Gasteiger partial charge on any atom is 0.430 e. The summed E-state index contributed by atoms with van der Waals surface area (Å²) in [7, 11) is -4.29. The summed E-state index contributed by atoms with van der Waals surface area (Å²) >= 11 is 1.19. The molecule has 2 atom stereocenters. The number of fused-ring (bicyclic) bond motifs is 2. The summed E-state index contributed by atoms with van der Waals surface area (Å²) in [5.74, 6) is -0.159. The zero-order valence-corrected chi connectivity index (χ0v) is 19.4. The van der Waals surface area contributed by atoms with Gasteiger partial charge in [0.05, 0.1) is 6.04 Å². The molecule has 3 aliphatic heterocycles. The van der Waals surface area contributed by atoms with Crippen LogP contribution >= 0.6 is 23.0 Å². The van der Waals surface area contributed by atoms with Crippen molar-refractivity contribution in [1.82, 2.24) is 20.2 Å². The maximum absolute atomic E-state index is 12.8. The third-order valence-electron chi connectivity index (χ3n) is 6.53. The minimum absolute atomic E-state index is 0.159. The molecule has 10 nitrogen and oxygen atoms in total. The number of hydroxylamine groups is 2. The average molecular weight is 542 g/mol. The smallest absolute Gasteiger partial charge is 0.352 e. The number of unbranched alkanes of at least 4 members (excludes halogenated alkanes) is 1. The standard InChI is InChI=1S/C17H27IN4O6S/c1-2-3-6-20-10-17(11-20)7-12(8-17)19-15(23)14-5-4-13-9-21(14)16(24)22(13)28-29(25,26)27-18/h12-14H,2-11H2,1H3,(H,19,23)/t13-,14+/m1/s1. The molecule has 3 saturated heterocycles. The molecule has 0 aromatic rings. The molecule has 29 heavy (non-hydrogen) atoms. The van der Waals surface area contributed by atoms with Crippen molar-refractivity contribution in [3.8, 4) is 0 Å². The first-order valence-electron chi connectivity index (χ1n) is 10.1. The molecule has 12 heteroatoms. The van der Waals surface area contributed by atoms with Gasteiger partial charge in [0.1, 0.15) is 29.0 Å². The summed E-state index contributed by atoms with van der Waals surface area (Å²) in [5, 5.41) is 3.91. The molecule has 0 aromatic heterocycles. The lowest BCUT2D eigenvalue weighted by molar-refractivity contribution is -0.131. The van der Waals surface area contributed by atoms with Crippen molar-refractivity contribution in [1.29, 1.82) is 0 Å². The van der Waals surface area contributed by atoms with Gasteiger partial charge < -0.3 is 15.1 Å². The van der Waals surface area contributed by atoms with E-state index in [1.807, 2.05) is 0 Å². The number of likely N-dealkylation sites (tertiary alicyclic amines) is 1. The summed E-state index contributed by atoms with van der Waals surface area (Å²) in [6.07, 6.45) is 5.40. The highest BCUT2D eigenvalue weighted by molar-refractivity contribution is 14.1. The molecule has 1 aliphatic carbocycles. The summed E-state index contributed by atoms with van der Waals surface area (Å²) in [6.45, 7) is 5.87. The van der Waals surface area contributed by atoms with E-state index in [1.54, 1.807) is 0 Å². The molecular weight excluding hydrogens is 515 g/mol. The van der Waals surface area contributed by atoms with E-state index >= 15 is 0 Å². The molecular formula is C17H27IN4O6S. The first-order chi connectivity index (χ1) is 13.8. The lowest BCUT2D eigenvalue weighted by Crippen LogP contribution is -2.67. The lowest BCUT2D eigenvalue weighted by Gasteiger charge is -2.59. The Balaban J connectivity index is 1.27. The Morgan fingerprint density at radius 3 is 2.69 bits per heavy atom. The first kappa shape index (κ1) is 21.5. The number of rotatable bonds is 8. The van der Waals surface area contributed by atoms with E-state index in [-0.39, 0.29) is 18.5 Å². The van der Waals surface area contributed by atoms with E-state index in [0.29, 0.717) is 18.3 Å². The Bertz CT molecular complexity index is 766. The number of amides is 3. The van der Waals surface area contributed by atoms with Crippen LogP contribution in [0.5, 0.6) is 0 Å². The summed E-state index contributed by atoms with van der Waals surface area (Å²) in [4.78, 5) is 29.2. The molecule has 164 valence electrons. The number of piperidine rings is 1. The Morgan fingerprint density at radius 1 is 1.31 bits per heavy atom. The van der Waals surface area contributed by atoms with Gasteiger partial charge in [0.2, 0.25) is 5.91 Å².